The summed E-state index contributed by atoms with van der Waals surface area (Å²) >= 11 is 0. The fraction of sp³-hybridized carbons (Fsp3) is 0.143. The van der Waals surface area contributed by atoms with Crippen LogP contribution in [0.25, 0.3) is 16.7 Å². The van der Waals surface area contributed by atoms with Crippen molar-refractivity contribution >= 4 is 10.9 Å². The van der Waals surface area contributed by atoms with E-state index in [0.29, 0.717) is 0 Å². The van der Waals surface area contributed by atoms with Gasteiger partial charge in [-0.05, 0) is 24.6 Å². The highest BCUT2D eigenvalue weighted by atomic mass is 16.3. The quantitative estimate of drug-likeness (QED) is 0.747. The van der Waals surface area contributed by atoms with E-state index in [1.165, 1.54) is 0 Å². The Morgan fingerprint density at radius 2 is 1.94 bits per heavy atom. The molecule has 1 N–H and O–H groups in total. The second kappa shape index (κ2) is 4.23. The highest BCUT2D eigenvalue weighted by Gasteiger charge is 2.06. The van der Waals surface area contributed by atoms with Crippen molar-refractivity contribution < 1.29 is 5.11 Å². The monoisotopic (exact) mass is 239 g/mol. The lowest BCUT2D eigenvalue weighted by Gasteiger charge is -2.06. The van der Waals surface area contributed by atoms with Crippen LogP contribution in [0.5, 0.6) is 0 Å². The lowest BCUT2D eigenvalue weighted by atomic mass is 10.2. The summed E-state index contributed by atoms with van der Waals surface area (Å²) in [5, 5.41) is 14.9. The van der Waals surface area contributed by atoms with Gasteiger partial charge in [-0.25, -0.2) is 9.67 Å². The standard InChI is InChI=1S/C14H13N3O/c1-10(18)11-6-7-14(15-8-11)17-13-5-3-2-4-12(13)9-16-17/h2-10,18H,1H3/t10-/m1/s1. The number of fused-ring (bicyclic) bond motifs is 1. The largest absolute Gasteiger partial charge is 0.389 e. The smallest absolute Gasteiger partial charge is 0.153 e. The molecule has 0 saturated heterocycles. The summed E-state index contributed by atoms with van der Waals surface area (Å²) in [6.45, 7) is 1.72. The number of pyridine rings is 1. The molecule has 0 radical (unpaired) electrons. The molecule has 2 aromatic heterocycles. The summed E-state index contributed by atoms with van der Waals surface area (Å²) in [4.78, 5) is 4.33. The maximum Gasteiger partial charge on any atom is 0.153 e. The SMILES string of the molecule is C[C@@H](O)c1ccc(-n2ncc3ccccc32)nc1. The molecule has 0 fully saturated rings. The van der Waals surface area contributed by atoms with Crippen molar-refractivity contribution in [3.8, 4) is 5.82 Å². The normalized spacial score (nSPS) is 12.8. The zero-order valence-corrected chi connectivity index (χ0v) is 9.99. The summed E-state index contributed by atoms with van der Waals surface area (Å²) in [5.74, 6) is 0.751. The average Bonchev–Trinajstić information content (AvgIpc) is 2.82. The van der Waals surface area contributed by atoms with E-state index in [1.807, 2.05) is 42.6 Å². The molecular weight excluding hydrogens is 226 g/mol. The number of hydrogen-bond acceptors (Lipinski definition) is 3. The first-order valence-electron chi connectivity index (χ1n) is 5.83. The van der Waals surface area contributed by atoms with Gasteiger partial charge >= 0.3 is 0 Å². The van der Waals surface area contributed by atoms with Crippen LogP contribution in [-0.4, -0.2) is 19.9 Å². The highest BCUT2D eigenvalue weighted by molar-refractivity contribution is 5.79. The van der Waals surface area contributed by atoms with Gasteiger partial charge < -0.3 is 5.11 Å². The maximum absolute atomic E-state index is 9.45. The molecule has 0 spiro atoms. The molecule has 0 saturated carbocycles. The Balaban J connectivity index is 2.09. The first kappa shape index (κ1) is 10.9. The number of rotatable bonds is 2. The van der Waals surface area contributed by atoms with Gasteiger partial charge in [0, 0.05) is 11.6 Å². The van der Waals surface area contributed by atoms with Crippen molar-refractivity contribution in [2.75, 3.05) is 0 Å². The summed E-state index contributed by atoms with van der Waals surface area (Å²) < 4.78 is 1.79. The minimum Gasteiger partial charge on any atom is -0.389 e. The van der Waals surface area contributed by atoms with Crippen molar-refractivity contribution in [2.24, 2.45) is 0 Å². The topological polar surface area (TPSA) is 50.9 Å². The molecule has 4 nitrogen and oxygen atoms in total. The van der Waals surface area contributed by atoms with Crippen LogP contribution >= 0.6 is 0 Å². The number of hydrogen-bond donors (Lipinski definition) is 1. The molecule has 1 aromatic carbocycles. The lowest BCUT2D eigenvalue weighted by Crippen LogP contribution is -2.00. The van der Waals surface area contributed by atoms with Gasteiger partial charge in [0.1, 0.15) is 0 Å². The molecule has 4 heteroatoms. The zero-order chi connectivity index (χ0) is 12.5. The van der Waals surface area contributed by atoms with Gasteiger partial charge in [0.15, 0.2) is 5.82 Å². The van der Waals surface area contributed by atoms with Crippen molar-refractivity contribution in [1.29, 1.82) is 0 Å². The van der Waals surface area contributed by atoms with E-state index in [9.17, 15) is 5.11 Å². The van der Waals surface area contributed by atoms with Crippen molar-refractivity contribution in [3.05, 3.63) is 54.4 Å². The minimum absolute atomic E-state index is 0.499. The molecule has 0 unspecified atom stereocenters. The fourth-order valence-electron chi connectivity index (χ4n) is 1.92. The number of nitrogens with zero attached hydrogens (tertiary/aromatic N) is 3. The van der Waals surface area contributed by atoms with Gasteiger partial charge in [0.05, 0.1) is 17.8 Å². The van der Waals surface area contributed by atoms with Crippen LogP contribution < -0.4 is 0 Å². The van der Waals surface area contributed by atoms with Gasteiger partial charge in [-0.3, -0.25) is 0 Å². The average molecular weight is 239 g/mol. The molecule has 3 rings (SSSR count). The van der Waals surface area contributed by atoms with Gasteiger partial charge in [-0.2, -0.15) is 5.10 Å². The second-order valence-electron chi connectivity index (χ2n) is 4.24. The Labute approximate surface area is 105 Å². The maximum atomic E-state index is 9.45. The van der Waals surface area contributed by atoms with Crippen LogP contribution in [0.15, 0.2) is 48.8 Å². The minimum atomic E-state index is -0.499. The Kier molecular flexibility index (Phi) is 2.57. The zero-order valence-electron chi connectivity index (χ0n) is 9.99. The molecule has 0 aliphatic rings. The first-order valence-corrected chi connectivity index (χ1v) is 5.83. The number of aliphatic hydroxyl groups excluding tert-OH is 1. The molecule has 0 bridgehead atoms. The van der Waals surface area contributed by atoms with Crippen LogP contribution in [0.4, 0.5) is 0 Å². The van der Waals surface area contributed by atoms with E-state index in [1.54, 1.807) is 17.8 Å². The summed E-state index contributed by atoms with van der Waals surface area (Å²) in [5.41, 5.74) is 1.82. The molecule has 2 heterocycles. The molecule has 0 amide bonds. The van der Waals surface area contributed by atoms with Crippen molar-refractivity contribution in [2.45, 2.75) is 13.0 Å². The Morgan fingerprint density at radius 1 is 1.11 bits per heavy atom. The number of aromatic nitrogens is 3. The Bertz CT molecular complexity index is 671. The molecule has 18 heavy (non-hydrogen) atoms. The van der Waals surface area contributed by atoms with Crippen LogP contribution in [0.3, 0.4) is 0 Å². The second-order valence-corrected chi connectivity index (χ2v) is 4.24. The van der Waals surface area contributed by atoms with Gasteiger partial charge in [-0.15, -0.1) is 0 Å². The summed E-state index contributed by atoms with van der Waals surface area (Å²) in [6.07, 6.45) is 3.00. The third-order valence-electron chi connectivity index (χ3n) is 2.95. The Hall–Kier alpha value is -2.20. The third-order valence-corrected chi connectivity index (χ3v) is 2.95. The molecular formula is C14H13N3O. The van der Waals surface area contributed by atoms with Gasteiger partial charge in [0.2, 0.25) is 0 Å². The molecule has 3 aromatic rings. The van der Waals surface area contributed by atoms with Gasteiger partial charge in [-0.1, -0.05) is 24.3 Å². The number of para-hydroxylation sites is 1. The van der Waals surface area contributed by atoms with Crippen LogP contribution in [-0.2, 0) is 0 Å². The first-order chi connectivity index (χ1) is 8.75. The molecule has 0 aliphatic carbocycles. The van der Waals surface area contributed by atoms with E-state index in [4.69, 9.17) is 0 Å². The van der Waals surface area contributed by atoms with E-state index >= 15 is 0 Å². The van der Waals surface area contributed by atoms with E-state index in [2.05, 4.69) is 10.1 Å². The van der Waals surface area contributed by atoms with Crippen LogP contribution in [0.2, 0.25) is 0 Å². The van der Waals surface area contributed by atoms with Crippen LogP contribution in [0.1, 0.15) is 18.6 Å². The van der Waals surface area contributed by atoms with Crippen molar-refractivity contribution in [3.63, 3.8) is 0 Å². The Morgan fingerprint density at radius 3 is 2.67 bits per heavy atom. The predicted octanol–water partition coefficient (Wildman–Crippen LogP) is 2.47. The number of aliphatic hydroxyl groups is 1. The lowest BCUT2D eigenvalue weighted by molar-refractivity contribution is 0.199. The highest BCUT2D eigenvalue weighted by Crippen LogP contribution is 2.18. The van der Waals surface area contributed by atoms with Gasteiger partial charge in [0.25, 0.3) is 0 Å². The van der Waals surface area contributed by atoms with E-state index in [-0.39, 0.29) is 0 Å². The van der Waals surface area contributed by atoms with Crippen LogP contribution in [0, 0.1) is 0 Å². The molecule has 0 aliphatic heterocycles. The third kappa shape index (κ3) is 1.76. The fourth-order valence-corrected chi connectivity index (χ4v) is 1.92. The van der Waals surface area contributed by atoms with E-state index < -0.39 is 6.10 Å². The molecule has 1 atom stereocenters. The van der Waals surface area contributed by atoms with E-state index in [0.717, 1.165) is 22.3 Å². The summed E-state index contributed by atoms with van der Waals surface area (Å²) in [6, 6.07) is 11.7. The summed E-state index contributed by atoms with van der Waals surface area (Å²) in [7, 11) is 0. The number of benzene rings is 1. The predicted molar refractivity (Wildman–Crippen MR) is 69.5 cm³/mol. The van der Waals surface area contributed by atoms with Crippen molar-refractivity contribution in [1.82, 2.24) is 14.8 Å². The molecule has 90 valence electrons.